The number of ether oxygens (including phenoxy) is 1. The van der Waals surface area contributed by atoms with Crippen molar-refractivity contribution in [3.8, 4) is 5.75 Å². The number of halogens is 2. The molecule has 0 heterocycles. The Morgan fingerprint density at radius 2 is 1.73 bits per heavy atom. The fraction of sp³-hybridized carbons (Fsp3) is 0.160. The molecule has 2 N–H and O–H groups in total. The number of amides is 2. The second-order valence-electron chi connectivity index (χ2n) is 7.86. The summed E-state index contributed by atoms with van der Waals surface area (Å²) in [7, 11) is -3.75. The Morgan fingerprint density at radius 3 is 2.41 bits per heavy atom. The first-order valence-electron chi connectivity index (χ1n) is 10.9. The van der Waals surface area contributed by atoms with Gasteiger partial charge in [0.15, 0.2) is 6.61 Å². The standard InChI is InChI=1S/C25H24Cl2N4O5S/c1-17-22(27)7-4-8-23(17)31(37(2,34)35)15-24(32)30-28-14-18-9-11-21(12-10-18)36-16-25(33)29-20-6-3-5-19(26)13-20/h3-14H,15-16H2,1-2H3,(H,29,33)(H,30,32)/b28-14-. The van der Waals surface area contributed by atoms with Crippen LogP contribution in [0.1, 0.15) is 11.1 Å². The van der Waals surface area contributed by atoms with Crippen LogP contribution in [0.2, 0.25) is 10.0 Å². The molecule has 0 fully saturated rings. The minimum absolute atomic E-state index is 0.195. The Bertz CT molecular complexity index is 1410. The molecule has 2 amide bonds. The van der Waals surface area contributed by atoms with Crippen LogP contribution in [0, 0.1) is 6.92 Å². The largest absolute Gasteiger partial charge is 0.484 e. The molecular formula is C25H24Cl2N4O5S. The molecule has 0 unspecified atom stereocenters. The van der Waals surface area contributed by atoms with Gasteiger partial charge in [-0.2, -0.15) is 5.10 Å². The van der Waals surface area contributed by atoms with E-state index in [0.717, 1.165) is 10.6 Å². The van der Waals surface area contributed by atoms with Crippen LogP contribution in [-0.2, 0) is 19.6 Å². The van der Waals surface area contributed by atoms with Crippen molar-refractivity contribution >= 4 is 62.6 Å². The number of hydrogen-bond acceptors (Lipinski definition) is 6. The number of nitrogens with zero attached hydrogens (tertiary/aromatic N) is 2. The van der Waals surface area contributed by atoms with Gasteiger partial charge < -0.3 is 10.1 Å². The van der Waals surface area contributed by atoms with Crippen molar-refractivity contribution < 1.29 is 22.7 Å². The van der Waals surface area contributed by atoms with Crippen LogP contribution in [0.5, 0.6) is 5.75 Å². The topological polar surface area (TPSA) is 117 Å². The minimum Gasteiger partial charge on any atom is -0.484 e. The van der Waals surface area contributed by atoms with Gasteiger partial charge in [-0.1, -0.05) is 35.3 Å². The predicted molar refractivity (Wildman–Crippen MR) is 146 cm³/mol. The molecule has 12 heteroatoms. The molecular weight excluding hydrogens is 539 g/mol. The molecule has 0 atom stereocenters. The van der Waals surface area contributed by atoms with Crippen molar-refractivity contribution in [2.75, 3.05) is 29.0 Å². The molecule has 37 heavy (non-hydrogen) atoms. The van der Waals surface area contributed by atoms with Crippen molar-refractivity contribution in [2.45, 2.75) is 6.92 Å². The Labute approximate surface area is 225 Å². The van der Waals surface area contributed by atoms with Crippen LogP contribution in [0.4, 0.5) is 11.4 Å². The molecule has 0 saturated carbocycles. The third kappa shape index (κ3) is 8.49. The number of benzene rings is 3. The Kier molecular flexibility index (Phi) is 9.51. The number of carbonyl (C=O) groups excluding carboxylic acids is 2. The summed E-state index contributed by atoms with van der Waals surface area (Å²) >= 11 is 12.0. The van der Waals surface area contributed by atoms with Crippen LogP contribution in [0.25, 0.3) is 0 Å². The fourth-order valence-corrected chi connectivity index (χ4v) is 4.42. The second kappa shape index (κ2) is 12.6. The lowest BCUT2D eigenvalue weighted by molar-refractivity contribution is -0.119. The number of nitrogens with one attached hydrogen (secondary N) is 2. The van der Waals surface area contributed by atoms with Gasteiger partial charge in [0.2, 0.25) is 10.0 Å². The highest BCUT2D eigenvalue weighted by atomic mass is 35.5. The van der Waals surface area contributed by atoms with E-state index in [9.17, 15) is 18.0 Å². The Morgan fingerprint density at radius 1 is 1.03 bits per heavy atom. The highest BCUT2D eigenvalue weighted by molar-refractivity contribution is 7.92. The molecule has 3 aromatic carbocycles. The Hall–Kier alpha value is -3.60. The minimum atomic E-state index is -3.75. The first-order chi connectivity index (χ1) is 17.5. The van der Waals surface area contributed by atoms with Crippen molar-refractivity contribution in [1.29, 1.82) is 0 Å². The molecule has 9 nitrogen and oxygen atoms in total. The summed E-state index contributed by atoms with van der Waals surface area (Å²) in [6.07, 6.45) is 2.40. The maximum absolute atomic E-state index is 12.4. The zero-order valence-electron chi connectivity index (χ0n) is 19.9. The summed E-state index contributed by atoms with van der Waals surface area (Å²) in [6, 6.07) is 18.2. The van der Waals surface area contributed by atoms with Crippen molar-refractivity contribution in [3.63, 3.8) is 0 Å². The highest BCUT2D eigenvalue weighted by Gasteiger charge is 2.23. The predicted octanol–water partition coefficient (Wildman–Crippen LogP) is 4.24. The second-order valence-corrected chi connectivity index (χ2v) is 10.6. The van der Waals surface area contributed by atoms with E-state index in [0.29, 0.717) is 38.3 Å². The van der Waals surface area contributed by atoms with E-state index < -0.39 is 22.5 Å². The molecule has 0 bridgehead atoms. The average molecular weight is 563 g/mol. The van der Waals surface area contributed by atoms with Crippen molar-refractivity contribution in [2.24, 2.45) is 5.10 Å². The zero-order chi connectivity index (χ0) is 27.0. The number of hydrazone groups is 1. The lowest BCUT2D eigenvalue weighted by Crippen LogP contribution is -2.39. The molecule has 194 valence electrons. The lowest BCUT2D eigenvalue weighted by Gasteiger charge is -2.23. The van der Waals surface area contributed by atoms with Crippen molar-refractivity contribution in [1.82, 2.24) is 5.43 Å². The summed E-state index contributed by atoms with van der Waals surface area (Å²) < 4.78 is 31.0. The van der Waals surface area contributed by atoms with Crippen LogP contribution >= 0.6 is 23.2 Å². The van der Waals surface area contributed by atoms with Gasteiger partial charge >= 0.3 is 0 Å². The van der Waals surface area contributed by atoms with Crippen LogP contribution in [0.15, 0.2) is 71.8 Å². The number of rotatable bonds is 10. The van der Waals surface area contributed by atoms with Gasteiger partial charge in [-0.25, -0.2) is 13.8 Å². The molecule has 0 radical (unpaired) electrons. The summed E-state index contributed by atoms with van der Waals surface area (Å²) in [5.41, 5.74) is 4.37. The molecule has 0 aliphatic rings. The first kappa shape index (κ1) is 28.0. The van der Waals surface area contributed by atoms with Gasteiger partial charge in [-0.3, -0.25) is 13.9 Å². The van der Waals surface area contributed by atoms with Gasteiger partial charge in [0.05, 0.1) is 18.2 Å². The lowest BCUT2D eigenvalue weighted by atomic mass is 10.2. The number of anilines is 2. The zero-order valence-corrected chi connectivity index (χ0v) is 22.3. The van der Waals surface area contributed by atoms with Crippen LogP contribution in [-0.4, -0.2) is 45.9 Å². The maximum Gasteiger partial charge on any atom is 0.262 e. The first-order valence-corrected chi connectivity index (χ1v) is 13.5. The molecule has 3 aromatic rings. The average Bonchev–Trinajstić information content (AvgIpc) is 2.83. The third-order valence-corrected chi connectivity index (χ3v) is 6.73. The van der Waals surface area contributed by atoms with Gasteiger partial charge in [0.25, 0.3) is 11.8 Å². The summed E-state index contributed by atoms with van der Waals surface area (Å²) in [5, 5.41) is 7.46. The van der Waals surface area contributed by atoms with E-state index in [-0.39, 0.29) is 12.5 Å². The van der Waals surface area contributed by atoms with Gasteiger partial charge in [0, 0.05) is 15.7 Å². The van der Waals surface area contributed by atoms with Gasteiger partial charge in [-0.15, -0.1) is 0 Å². The van der Waals surface area contributed by atoms with Gasteiger partial charge in [0.1, 0.15) is 12.3 Å². The number of hydrogen-bond donors (Lipinski definition) is 2. The number of carbonyl (C=O) groups is 2. The summed E-state index contributed by atoms with van der Waals surface area (Å²) in [4.78, 5) is 24.4. The van der Waals surface area contributed by atoms with E-state index in [1.165, 1.54) is 6.21 Å². The van der Waals surface area contributed by atoms with E-state index in [2.05, 4.69) is 15.8 Å². The van der Waals surface area contributed by atoms with Crippen LogP contribution in [0.3, 0.4) is 0 Å². The SMILES string of the molecule is Cc1c(Cl)cccc1N(CC(=O)N/N=C\c1ccc(OCC(=O)Nc2cccc(Cl)c2)cc1)S(C)(=O)=O. The Balaban J connectivity index is 1.52. The van der Waals surface area contributed by atoms with E-state index in [1.807, 2.05) is 0 Å². The quantitative estimate of drug-likeness (QED) is 0.283. The monoisotopic (exact) mass is 562 g/mol. The van der Waals surface area contributed by atoms with E-state index in [4.69, 9.17) is 27.9 Å². The summed E-state index contributed by atoms with van der Waals surface area (Å²) in [6.45, 7) is 1.01. The maximum atomic E-state index is 12.4. The number of sulfonamides is 1. The van der Waals surface area contributed by atoms with Crippen LogP contribution < -0.4 is 19.8 Å². The normalized spacial score (nSPS) is 11.2. The molecule has 0 spiro atoms. The molecule has 3 rings (SSSR count). The third-order valence-electron chi connectivity index (χ3n) is 4.96. The van der Waals surface area contributed by atoms with Gasteiger partial charge in [-0.05, 0) is 72.6 Å². The van der Waals surface area contributed by atoms with E-state index >= 15 is 0 Å². The fourth-order valence-electron chi connectivity index (χ4n) is 3.15. The smallest absolute Gasteiger partial charge is 0.262 e. The molecule has 0 aliphatic carbocycles. The summed E-state index contributed by atoms with van der Waals surface area (Å²) in [5.74, 6) is -0.512. The molecule has 0 aliphatic heterocycles. The molecule has 0 saturated heterocycles. The van der Waals surface area contributed by atoms with E-state index in [1.54, 1.807) is 73.7 Å². The van der Waals surface area contributed by atoms with Crippen molar-refractivity contribution in [3.05, 3.63) is 87.9 Å². The molecule has 0 aromatic heterocycles. The highest BCUT2D eigenvalue weighted by Crippen LogP contribution is 2.28.